The first-order valence-corrected chi connectivity index (χ1v) is 14.9. The number of pyridine rings is 1. The number of carboxylic acids is 1. The Labute approximate surface area is 251 Å². The summed E-state index contributed by atoms with van der Waals surface area (Å²) in [5.74, 6) is 0.713. The lowest BCUT2D eigenvalue weighted by molar-refractivity contribution is -0.670. The second kappa shape index (κ2) is 12.5. The fraction of sp³-hybridized carbons (Fsp3) is 0.424. The number of fused-ring (bicyclic) bond motifs is 2. The van der Waals surface area contributed by atoms with Gasteiger partial charge in [0.1, 0.15) is 12.7 Å². The third-order valence-corrected chi connectivity index (χ3v) is 8.66. The third-order valence-electron chi connectivity index (χ3n) is 8.66. The molecule has 3 atom stereocenters. The first-order valence-electron chi connectivity index (χ1n) is 14.9. The zero-order chi connectivity index (χ0) is 29.9. The molecule has 10 nitrogen and oxygen atoms in total. The van der Waals surface area contributed by atoms with Gasteiger partial charge in [-0.2, -0.15) is 0 Å². The lowest BCUT2D eigenvalue weighted by atomic mass is 9.83. The summed E-state index contributed by atoms with van der Waals surface area (Å²) in [5.41, 5.74) is 2.67. The zero-order valence-corrected chi connectivity index (χ0v) is 24.6. The van der Waals surface area contributed by atoms with Crippen molar-refractivity contribution in [2.45, 2.75) is 44.6 Å². The standard InChI is InChI=1S/C33H37N3O7/c1-3-4-15-36(24-8-6-14-34(2)17-24)30(37)19-35-18-25(23-11-13-27-29(16-23)42-20-40-27)31(33(38)39)26(35)12-10-22-7-5-9-28-32(22)43-21-41-28/h5-9,11,13-14,16-17,25-26,31H,3-4,10,12,15,18-21H2,1-2H3/p+1/t25-,26+,31?/m1/s1. The van der Waals surface area contributed by atoms with Crippen LogP contribution in [0.5, 0.6) is 23.0 Å². The van der Waals surface area contributed by atoms with Crippen molar-refractivity contribution in [3.63, 3.8) is 0 Å². The molecule has 1 saturated heterocycles. The maximum atomic E-state index is 14.0. The lowest BCUT2D eigenvalue weighted by Crippen LogP contribution is -2.45. The zero-order valence-electron chi connectivity index (χ0n) is 24.6. The molecule has 0 aliphatic carbocycles. The highest BCUT2D eigenvalue weighted by molar-refractivity contribution is 5.94. The van der Waals surface area contributed by atoms with E-state index in [2.05, 4.69) is 11.8 Å². The smallest absolute Gasteiger partial charge is 0.308 e. The summed E-state index contributed by atoms with van der Waals surface area (Å²) in [5, 5.41) is 10.6. The number of carbonyl (C=O) groups excluding carboxylic acids is 1. The number of aromatic nitrogens is 1. The summed E-state index contributed by atoms with van der Waals surface area (Å²) >= 11 is 0. The van der Waals surface area contributed by atoms with Crippen molar-refractivity contribution in [1.82, 2.24) is 4.90 Å². The van der Waals surface area contributed by atoms with E-state index in [1.165, 1.54) is 0 Å². The Balaban J connectivity index is 1.30. The average molecular weight is 589 g/mol. The van der Waals surface area contributed by atoms with Crippen LogP contribution in [0.15, 0.2) is 60.9 Å². The van der Waals surface area contributed by atoms with Crippen LogP contribution >= 0.6 is 0 Å². The van der Waals surface area contributed by atoms with Crippen LogP contribution in [0, 0.1) is 5.92 Å². The number of anilines is 1. The largest absolute Gasteiger partial charge is 0.481 e. The molecule has 3 aliphatic rings. The van der Waals surface area contributed by atoms with Crippen LogP contribution in [0.1, 0.15) is 43.2 Å². The van der Waals surface area contributed by atoms with Gasteiger partial charge in [-0.15, -0.1) is 0 Å². The first-order chi connectivity index (χ1) is 20.9. The molecule has 0 radical (unpaired) electrons. The van der Waals surface area contributed by atoms with Gasteiger partial charge in [0.2, 0.25) is 19.5 Å². The average Bonchev–Trinajstić information content (AvgIpc) is 3.74. The molecule has 1 aromatic heterocycles. The van der Waals surface area contributed by atoms with Gasteiger partial charge in [0, 0.05) is 31.1 Å². The fourth-order valence-corrected chi connectivity index (χ4v) is 6.53. The summed E-state index contributed by atoms with van der Waals surface area (Å²) in [4.78, 5) is 30.9. The van der Waals surface area contributed by atoms with Gasteiger partial charge in [0.05, 0.1) is 12.5 Å². The molecule has 1 fully saturated rings. The number of benzene rings is 2. The summed E-state index contributed by atoms with van der Waals surface area (Å²) in [6.45, 7) is 3.57. The van der Waals surface area contributed by atoms with E-state index in [4.69, 9.17) is 18.9 Å². The molecule has 0 bridgehead atoms. The van der Waals surface area contributed by atoms with Crippen LogP contribution in [0.4, 0.5) is 5.69 Å². The summed E-state index contributed by atoms with van der Waals surface area (Å²) in [7, 11) is 1.94. The van der Waals surface area contributed by atoms with Gasteiger partial charge in [-0.25, -0.2) is 4.57 Å². The molecule has 6 rings (SSSR count). The highest BCUT2D eigenvalue weighted by Gasteiger charge is 2.47. The van der Waals surface area contributed by atoms with Crippen molar-refractivity contribution in [3.8, 4) is 23.0 Å². The SMILES string of the molecule is CCCCN(C(=O)CN1C[C@H](c2ccc3c(c2)OCO3)C(C(=O)O)[C@@H]1CCc1cccc2c1OCO2)c1ccc[n+](C)c1. The molecular formula is C33H38N3O7+. The number of hydrogen-bond donors (Lipinski definition) is 1. The number of aliphatic carboxylic acids is 1. The van der Waals surface area contributed by atoms with Crippen molar-refractivity contribution in [2.75, 3.05) is 38.1 Å². The molecule has 1 N–H and O–H groups in total. The van der Waals surface area contributed by atoms with Gasteiger partial charge in [-0.1, -0.05) is 31.5 Å². The summed E-state index contributed by atoms with van der Waals surface area (Å²) in [6, 6.07) is 14.9. The van der Waals surface area contributed by atoms with E-state index in [-0.39, 0.29) is 38.0 Å². The number of rotatable bonds is 11. The Morgan fingerprint density at radius 1 is 1.02 bits per heavy atom. The Morgan fingerprint density at radius 2 is 1.84 bits per heavy atom. The summed E-state index contributed by atoms with van der Waals surface area (Å²) < 4.78 is 24.3. The van der Waals surface area contributed by atoms with Gasteiger partial charge < -0.3 is 29.0 Å². The van der Waals surface area contributed by atoms with E-state index in [1.54, 1.807) is 0 Å². The first kappa shape index (κ1) is 28.8. The van der Waals surface area contributed by atoms with Crippen molar-refractivity contribution >= 4 is 17.6 Å². The van der Waals surface area contributed by atoms with Crippen LogP contribution in [-0.2, 0) is 23.1 Å². The molecule has 10 heteroatoms. The van der Waals surface area contributed by atoms with Crippen LogP contribution in [0.3, 0.4) is 0 Å². The number of nitrogens with zero attached hydrogens (tertiary/aromatic N) is 3. The maximum absolute atomic E-state index is 14.0. The number of ether oxygens (including phenoxy) is 4. The second-order valence-electron chi connectivity index (χ2n) is 11.4. The lowest BCUT2D eigenvalue weighted by Gasteiger charge is -2.29. The van der Waals surface area contributed by atoms with Crippen molar-refractivity contribution in [2.24, 2.45) is 13.0 Å². The van der Waals surface area contributed by atoms with Crippen LogP contribution in [-0.4, -0.2) is 61.1 Å². The Bertz CT molecular complexity index is 1500. The molecule has 3 aromatic rings. The normalized spacial score (nSPS) is 20.4. The quantitative estimate of drug-likeness (QED) is 0.337. The van der Waals surface area contributed by atoms with E-state index >= 15 is 0 Å². The predicted molar refractivity (Wildman–Crippen MR) is 158 cm³/mol. The van der Waals surface area contributed by atoms with E-state index in [1.807, 2.05) is 77.4 Å². The van der Waals surface area contributed by atoms with E-state index in [9.17, 15) is 14.7 Å². The van der Waals surface area contributed by atoms with E-state index in [0.717, 1.165) is 29.7 Å². The molecule has 2 aromatic carbocycles. The predicted octanol–water partition coefficient (Wildman–Crippen LogP) is 3.90. The number of carboxylic acid groups (broad SMARTS) is 1. The van der Waals surface area contributed by atoms with Crippen LogP contribution in [0.2, 0.25) is 0 Å². The molecule has 43 heavy (non-hydrogen) atoms. The maximum Gasteiger partial charge on any atom is 0.308 e. The molecule has 226 valence electrons. The number of aryl methyl sites for hydroxylation is 2. The molecule has 3 aliphatic heterocycles. The topological polar surface area (TPSA) is 102 Å². The minimum Gasteiger partial charge on any atom is -0.481 e. The minimum atomic E-state index is -0.876. The number of hydrogen-bond acceptors (Lipinski definition) is 7. The molecule has 1 unspecified atom stereocenters. The van der Waals surface area contributed by atoms with Crippen LogP contribution < -0.4 is 28.4 Å². The highest BCUT2D eigenvalue weighted by Crippen LogP contribution is 2.44. The number of amides is 1. The Morgan fingerprint density at radius 3 is 2.65 bits per heavy atom. The molecule has 1 amide bonds. The monoisotopic (exact) mass is 588 g/mol. The number of likely N-dealkylation sites (tertiary alicyclic amines) is 1. The van der Waals surface area contributed by atoms with Gasteiger partial charge in [-0.05, 0) is 54.7 Å². The van der Waals surface area contributed by atoms with Crippen molar-refractivity contribution < 1.29 is 38.2 Å². The number of para-hydroxylation sites is 1. The number of carbonyl (C=O) groups is 2. The van der Waals surface area contributed by atoms with Crippen LogP contribution in [0.25, 0.3) is 0 Å². The Kier molecular flexibility index (Phi) is 8.38. The molecule has 4 heterocycles. The fourth-order valence-electron chi connectivity index (χ4n) is 6.53. The van der Waals surface area contributed by atoms with Crippen molar-refractivity contribution in [3.05, 3.63) is 72.1 Å². The van der Waals surface area contributed by atoms with Gasteiger partial charge in [0.25, 0.3) is 0 Å². The second-order valence-corrected chi connectivity index (χ2v) is 11.4. The molecule has 0 spiro atoms. The van der Waals surface area contributed by atoms with E-state index in [0.29, 0.717) is 48.9 Å². The third kappa shape index (κ3) is 5.97. The van der Waals surface area contributed by atoms with Gasteiger partial charge in [-0.3, -0.25) is 14.5 Å². The molecule has 0 saturated carbocycles. The Hall–Kier alpha value is -4.31. The van der Waals surface area contributed by atoms with Crippen molar-refractivity contribution in [1.29, 1.82) is 0 Å². The van der Waals surface area contributed by atoms with Gasteiger partial charge in [0.15, 0.2) is 35.4 Å². The van der Waals surface area contributed by atoms with E-state index < -0.39 is 11.9 Å². The molecular weight excluding hydrogens is 550 g/mol. The van der Waals surface area contributed by atoms with Gasteiger partial charge >= 0.3 is 5.97 Å². The minimum absolute atomic E-state index is 0.0440. The summed E-state index contributed by atoms with van der Waals surface area (Å²) in [6.07, 6.45) is 6.84. The number of unbranched alkanes of at least 4 members (excludes halogenated alkanes) is 1. The highest BCUT2D eigenvalue weighted by atomic mass is 16.7.